The number of carbonyl (C=O) groups excluding carboxylic acids is 2. The lowest BCUT2D eigenvalue weighted by molar-refractivity contribution is -0.117. The zero-order chi connectivity index (χ0) is 20.4. The Kier molecular flexibility index (Phi) is 5.49. The number of hydrogen-bond acceptors (Lipinski definition) is 5. The van der Waals surface area contributed by atoms with Crippen molar-refractivity contribution in [1.82, 2.24) is 14.8 Å². The molecule has 7 heteroatoms. The summed E-state index contributed by atoms with van der Waals surface area (Å²) in [4.78, 5) is 26.5. The zero-order valence-electron chi connectivity index (χ0n) is 16.5. The number of aryl methyl sites for hydroxylation is 2. The summed E-state index contributed by atoms with van der Waals surface area (Å²) in [6.07, 6.45) is 1.43. The van der Waals surface area contributed by atoms with Crippen LogP contribution < -0.4 is 4.90 Å². The van der Waals surface area contributed by atoms with Crippen molar-refractivity contribution in [3.63, 3.8) is 0 Å². The number of benzene rings is 2. The molecule has 2 aromatic carbocycles. The third kappa shape index (κ3) is 4.10. The smallest absolute Gasteiger partial charge is 0.227 e. The third-order valence-corrected chi connectivity index (χ3v) is 5.87. The summed E-state index contributed by atoms with van der Waals surface area (Å²) in [5.41, 5.74) is 3.53. The molecule has 1 aromatic heterocycles. The highest BCUT2D eigenvalue weighted by atomic mass is 32.2. The molecule has 0 bridgehead atoms. The summed E-state index contributed by atoms with van der Waals surface area (Å²) in [7, 11) is 0. The first-order chi connectivity index (χ1) is 14.0. The van der Waals surface area contributed by atoms with Gasteiger partial charge in [-0.25, -0.2) is 0 Å². The van der Waals surface area contributed by atoms with Gasteiger partial charge in [0, 0.05) is 29.9 Å². The van der Waals surface area contributed by atoms with E-state index in [2.05, 4.69) is 16.3 Å². The number of rotatable bonds is 6. The number of Topliss-reactive ketones (excluding diaryl/α,β-unsaturated/α-hetero) is 1. The number of carbonyl (C=O) groups is 2. The van der Waals surface area contributed by atoms with Gasteiger partial charge in [0.2, 0.25) is 5.91 Å². The maximum absolute atomic E-state index is 12.8. The monoisotopic (exact) mass is 406 g/mol. The van der Waals surface area contributed by atoms with Gasteiger partial charge in [0.25, 0.3) is 0 Å². The summed E-state index contributed by atoms with van der Waals surface area (Å²) in [6, 6.07) is 15.4. The number of amides is 1. The van der Waals surface area contributed by atoms with Gasteiger partial charge in [-0.2, -0.15) is 0 Å². The molecule has 2 heterocycles. The van der Waals surface area contributed by atoms with Gasteiger partial charge in [-0.3, -0.25) is 14.2 Å². The number of aromatic nitrogens is 3. The molecule has 6 nitrogen and oxygen atoms in total. The van der Waals surface area contributed by atoms with Crippen LogP contribution in [-0.2, 0) is 4.79 Å². The molecule has 29 heavy (non-hydrogen) atoms. The predicted octanol–water partition coefficient (Wildman–Crippen LogP) is 3.99. The van der Waals surface area contributed by atoms with Gasteiger partial charge in [0.05, 0.1) is 5.75 Å². The Balaban J connectivity index is 1.51. The third-order valence-electron chi connectivity index (χ3n) is 4.94. The highest BCUT2D eigenvalue weighted by Crippen LogP contribution is 2.25. The SMILES string of the molecule is Cc1cccc(-n2c(C)nnc2SCC(=O)c2cccc(N3CCCC3=O)c2)c1. The van der Waals surface area contributed by atoms with Crippen LogP contribution in [0.2, 0.25) is 0 Å². The number of hydrogen-bond donors (Lipinski definition) is 0. The molecule has 1 fully saturated rings. The van der Waals surface area contributed by atoms with Crippen molar-refractivity contribution in [3.8, 4) is 5.69 Å². The van der Waals surface area contributed by atoms with Gasteiger partial charge in [0.1, 0.15) is 5.82 Å². The Morgan fingerprint density at radius 1 is 1.07 bits per heavy atom. The standard InChI is InChI=1S/C22H22N4O2S/c1-15-6-3-9-19(12-15)26-16(2)23-24-22(26)29-14-20(27)17-7-4-8-18(13-17)25-11-5-10-21(25)28/h3-4,6-9,12-13H,5,10-11,14H2,1-2H3. The number of ketones is 1. The van der Waals surface area contributed by atoms with E-state index in [4.69, 9.17) is 0 Å². The summed E-state index contributed by atoms with van der Waals surface area (Å²) >= 11 is 1.37. The minimum absolute atomic E-state index is 0.0000544. The second-order valence-electron chi connectivity index (χ2n) is 7.12. The summed E-state index contributed by atoms with van der Waals surface area (Å²) in [5.74, 6) is 1.15. The zero-order valence-corrected chi connectivity index (χ0v) is 17.3. The van der Waals surface area contributed by atoms with E-state index in [1.807, 2.05) is 54.8 Å². The molecule has 0 saturated carbocycles. The fourth-order valence-corrected chi connectivity index (χ4v) is 4.37. The van der Waals surface area contributed by atoms with E-state index in [0.717, 1.165) is 29.2 Å². The normalized spacial score (nSPS) is 13.9. The molecule has 1 amide bonds. The van der Waals surface area contributed by atoms with Crippen LogP contribution in [0.3, 0.4) is 0 Å². The number of nitrogens with zero attached hydrogens (tertiary/aromatic N) is 4. The lowest BCUT2D eigenvalue weighted by Gasteiger charge is -2.16. The van der Waals surface area contributed by atoms with Crippen LogP contribution in [0.5, 0.6) is 0 Å². The van der Waals surface area contributed by atoms with Crippen LogP contribution in [0.15, 0.2) is 53.7 Å². The van der Waals surface area contributed by atoms with E-state index in [-0.39, 0.29) is 17.4 Å². The van der Waals surface area contributed by atoms with Crippen LogP contribution in [0.4, 0.5) is 5.69 Å². The van der Waals surface area contributed by atoms with Gasteiger partial charge >= 0.3 is 0 Å². The summed E-state index contributed by atoms with van der Waals surface area (Å²) in [5, 5.41) is 9.12. The maximum atomic E-state index is 12.8. The van der Waals surface area contributed by atoms with Crippen molar-refractivity contribution in [1.29, 1.82) is 0 Å². The molecule has 1 aliphatic rings. The quantitative estimate of drug-likeness (QED) is 0.457. The number of thioether (sulfide) groups is 1. The van der Waals surface area contributed by atoms with Gasteiger partial charge in [0.15, 0.2) is 10.9 Å². The molecule has 1 aliphatic heterocycles. The van der Waals surface area contributed by atoms with E-state index in [9.17, 15) is 9.59 Å². The fourth-order valence-electron chi connectivity index (χ4n) is 3.48. The van der Waals surface area contributed by atoms with Crippen LogP contribution in [0.1, 0.15) is 34.6 Å². The van der Waals surface area contributed by atoms with Crippen LogP contribution >= 0.6 is 11.8 Å². The van der Waals surface area contributed by atoms with E-state index >= 15 is 0 Å². The molecule has 0 radical (unpaired) electrons. The van der Waals surface area contributed by atoms with Gasteiger partial charge in [-0.15, -0.1) is 10.2 Å². The Morgan fingerprint density at radius 3 is 2.62 bits per heavy atom. The molecule has 4 rings (SSSR count). The average molecular weight is 407 g/mol. The highest BCUT2D eigenvalue weighted by Gasteiger charge is 2.22. The van der Waals surface area contributed by atoms with Crippen molar-refractivity contribution in [2.45, 2.75) is 31.8 Å². The van der Waals surface area contributed by atoms with Crippen molar-refractivity contribution < 1.29 is 9.59 Å². The lowest BCUT2D eigenvalue weighted by atomic mass is 10.1. The molecule has 0 aliphatic carbocycles. The second kappa shape index (κ2) is 8.21. The summed E-state index contributed by atoms with van der Waals surface area (Å²) in [6.45, 7) is 4.65. The predicted molar refractivity (Wildman–Crippen MR) is 114 cm³/mol. The second-order valence-corrected chi connectivity index (χ2v) is 8.06. The molecule has 148 valence electrons. The van der Waals surface area contributed by atoms with Crippen LogP contribution in [-0.4, -0.2) is 38.8 Å². The topological polar surface area (TPSA) is 68.1 Å². The molecule has 0 N–H and O–H groups in total. The first kappa shape index (κ1) is 19.4. The van der Waals surface area contributed by atoms with Gasteiger partial charge in [-0.05, 0) is 50.1 Å². The van der Waals surface area contributed by atoms with Crippen LogP contribution in [0, 0.1) is 13.8 Å². The first-order valence-corrected chi connectivity index (χ1v) is 10.6. The summed E-state index contributed by atoms with van der Waals surface area (Å²) < 4.78 is 1.96. The molecule has 1 saturated heterocycles. The Bertz CT molecular complexity index is 1080. The lowest BCUT2D eigenvalue weighted by Crippen LogP contribution is -2.23. The van der Waals surface area contributed by atoms with Crippen molar-refractivity contribution >= 4 is 29.1 Å². The van der Waals surface area contributed by atoms with Crippen molar-refractivity contribution in [3.05, 3.63) is 65.5 Å². The maximum Gasteiger partial charge on any atom is 0.227 e. The molecule has 0 spiro atoms. The molecular weight excluding hydrogens is 384 g/mol. The molecule has 0 atom stereocenters. The molecular formula is C22H22N4O2S. The largest absolute Gasteiger partial charge is 0.312 e. The Morgan fingerprint density at radius 2 is 1.86 bits per heavy atom. The Hall–Kier alpha value is -2.93. The first-order valence-electron chi connectivity index (χ1n) is 9.58. The number of anilines is 1. The van der Waals surface area contributed by atoms with Gasteiger partial charge < -0.3 is 4.90 Å². The van der Waals surface area contributed by atoms with Crippen molar-refractivity contribution in [2.75, 3.05) is 17.2 Å². The average Bonchev–Trinajstić information content (AvgIpc) is 3.31. The van der Waals surface area contributed by atoms with E-state index in [0.29, 0.717) is 23.7 Å². The minimum Gasteiger partial charge on any atom is -0.312 e. The minimum atomic E-state index is -0.0000544. The molecule has 3 aromatic rings. The fraction of sp³-hybridized carbons (Fsp3) is 0.273. The van der Waals surface area contributed by atoms with E-state index in [1.165, 1.54) is 11.8 Å². The Labute approximate surface area is 173 Å². The van der Waals surface area contributed by atoms with Gasteiger partial charge in [-0.1, -0.05) is 36.0 Å². The van der Waals surface area contributed by atoms with E-state index < -0.39 is 0 Å². The van der Waals surface area contributed by atoms with E-state index in [1.54, 1.807) is 11.0 Å². The highest BCUT2D eigenvalue weighted by molar-refractivity contribution is 7.99. The molecule has 0 unspecified atom stereocenters. The van der Waals surface area contributed by atoms with Crippen molar-refractivity contribution in [2.24, 2.45) is 0 Å². The van der Waals surface area contributed by atoms with Crippen LogP contribution in [0.25, 0.3) is 5.69 Å².